The summed E-state index contributed by atoms with van der Waals surface area (Å²) in [6.45, 7) is 5.58. The minimum Gasteiger partial charge on any atom is -0.507 e. The standard InChI is InChI=1S/C36H38O5/c1-26-18-31(19-27(2)35(26)37)20-32-21-33(39-23-29-14-8-4-9-15-29)34(25-38-22-28-12-6-3-7-13-28)41-36(32)40-24-30-16-10-5-11-17-30/h3-19,21,33-34,36-37H,20,22-25H2,1-2H3/t33-,34-,36+/m1/s1. The zero-order valence-corrected chi connectivity index (χ0v) is 23.7. The molecule has 212 valence electrons. The number of phenols is 1. The van der Waals surface area contributed by atoms with E-state index in [1.165, 1.54) is 0 Å². The third-order valence-electron chi connectivity index (χ3n) is 7.23. The van der Waals surface area contributed by atoms with E-state index in [2.05, 4.69) is 30.3 Å². The van der Waals surface area contributed by atoms with Crippen LogP contribution in [0.2, 0.25) is 0 Å². The lowest BCUT2D eigenvalue weighted by atomic mass is 9.96. The average Bonchev–Trinajstić information content (AvgIpc) is 3.00. The van der Waals surface area contributed by atoms with Gasteiger partial charge in [0.05, 0.1) is 26.4 Å². The molecule has 5 nitrogen and oxygen atoms in total. The van der Waals surface area contributed by atoms with Crippen LogP contribution in [-0.2, 0) is 45.2 Å². The van der Waals surface area contributed by atoms with E-state index < -0.39 is 6.29 Å². The molecule has 4 aromatic rings. The van der Waals surface area contributed by atoms with E-state index >= 15 is 0 Å². The van der Waals surface area contributed by atoms with Gasteiger partial charge in [0.2, 0.25) is 0 Å². The van der Waals surface area contributed by atoms with Gasteiger partial charge in [0.15, 0.2) is 6.29 Å². The summed E-state index contributed by atoms with van der Waals surface area (Å²) in [5.74, 6) is 0.333. The molecule has 0 spiro atoms. The largest absolute Gasteiger partial charge is 0.507 e. The topological polar surface area (TPSA) is 57.2 Å². The van der Waals surface area contributed by atoms with Crippen LogP contribution in [0.25, 0.3) is 0 Å². The molecular weight excluding hydrogens is 512 g/mol. The molecule has 3 atom stereocenters. The van der Waals surface area contributed by atoms with Crippen molar-refractivity contribution in [1.29, 1.82) is 0 Å². The molecule has 0 unspecified atom stereocenters. The lowest BCUT2D eigenvalue weighted by molar-refractivity contribution is -0.205. The lowest BCUT2D eigenvalue weighted by Gasteiger charge is -2.36. The molecule has 0 fully saturated rings. The van der Waals surface area contributed by atoms with Gasteiger partial charge in [0.25, 0.3) is 0 Å². The third-order valence-corrected chi connectivity index (χ3v) is 7.23. The fourth-order valence-electron chi connectivity index (χ4n) is 5.06. The molecule has 0 aromatic heterocycles. The Morgan fingerprint density at radius 2 is 1.17 bits per heavy atom. The fraction of sp³-hybridized carbons (Fsp3) is 0.278. The molecule has 1 N–H and O–H groups in total. The molecule has 1 aliphatic heterocycles. The normalized spacial score (nSPS) is 18.7. The van der Waals surface area contributed by atoms with Gasteiger partial charge in [-0.3, -0.25) is 0 Å². The van der Waals surface area contributed by atoms with Gasteiger partial charge in [-0.1, -0.05) is 103 Å². The van der Waals surface area contributed by atoms with Gasteiger partial charge >= 0.3 is 0 Å². The molecule has 0 aliphatic carbocycles. The summed E-state index contributed by atoms with van der Waals surface area (Å²) in [6, 6.07) is 34.4. The number of ether oxygens (including phenoxy) is 4. The number of aryl methyl sites for hydroxylation is 2. The van der Waals surface area contributed by atoms with Crippen molar-refractivity contribution >= 4 is 0 Å². The average molecular weight is 551 g/mol. The summed E-state index contributed by atoms with van der Waals surface area (Å²) in [7, 11) is 0. The first-order valence-corrected chi connectivity index (χ1v) is 14.1. The molecule has 0 radical (unpaired) electrons. The quantitative estimate of drug-likeness (QED) is 0.189. The molecule has 1 aliphatic rings. The molecule has 1 heterocycles. The number of benzene rings is 4. The zero-order valence-electron chi connectivity index (χ0n) is 23.7. The number of hydrogen-bond donors (Lipinski definition) is 1. The van der Waals surface area contributed by atoms with Crippen LogP contribution in [0, 0.1) is 13.8 Å². The van der Waals surface area contributed by atoms with Crippen molar-refractivity contribution in [1.82, 2.24) is 0 Å². The second-order valence-corrected chi connectivity index (χ2v) is 10.6. The van der Waals surface area contributed by atoms with Crippen molar-refractivity contribution in [2.75, 3.05) is 6.61 Å². The zero-order chi connectivity index (χ0) is 28.4. The van der Waals surface area contributed by atoms with E-state index in [1.54, 1.807) is 0 Å². The van der Waals surface area contributed by atoms with Gasteiger partial charge in [-0.05, 0) is 65.3 Å². The molecule has 5 heteroatoms. The number of phenolic OH excluding ortho intramolecular Hbond substituents is 1. The lowest BCUT2D eigenvalue weighted by Crippen LogP contribution is -2.43. The maximum absolute atomic E-state index is 10.3. The Morgan fingerprint density at radius 1 is 0.659 bits per heavy atom. The van der Waals surface area contributed by atoms with Crippen molar-refractivity contribution in [3.63, 3.8) is 0 Å². The van der Waals surface area contributed by atoms with Crippen LogP contribution in [0.5, 0.6) is 5.75 Å². The van der Waals surface area contributed by atoms with Gasteiger partial charge in [0.1, 0.15) is 18.0 Å². The van der Waals surface area contributed by atoms with Crippen molar-refractivity contribution in [3.05, 3.63) is 148 Å². The Kier molecular flexibility index (Phi) is 10.00. The van der Waals surface area contributed by atoms with Crippen LogP contribution in [0.3, 0.4) is 0 Å². The Bertz CT molecular complexity index is 1380. The van der Waals surface area contributed by atoms with Crippen molar-refractivity contribution < 1.29 is 24.1 Å². The molecule has 0 saturated carbocycles. The second kappa shape index (κ2) is 14.2. The van der Waals surface area contributed by atoms with E-state index in [-0.39, 0.29) is 12.2 Å². The fourth-order valence-corrected chi connectivity index (χ4v) is 5.06. The summed E-state index contributed by atoms with van der Waals surface area (Å²) in [4.78, 5) is 0. The molecule has 0 amide bonds. The highest BCUT2D eigenvalue weighted by Gasteiger charge is 2.34. The van der Waals surface area contributed by atoms with Gasteiger partial charge in [-0.25, -0.2) is 0 Å². The van der Waals surface area contributed by atoms with Gasteiger partial charge in [-0.15, -0.1) is 0 Å². The van der Waals surface area contributed by atoms with Crippen molar-refractivity contribution in [2.24, 2.45) is 0 Å². The van der Waals surface area contributed by atoms with Crippen LogP contribution in [-0.4, -0.2) is 30.2 Å². The Hall–Kier alpha value is -3.74. The third kappa shape index (κ3) is 8.15. The van der Waals surface area contributed by atoms with Crippen LogP contribution < -0.4 is 0 Å². The van der Waals surface area contributed by atoms with E-state index in [1.807, 2.05) is 92.7 Å². The van der Waals surface area contributed by atoms with Crippen LogP contribution in [0.15, 0.2) is 115 Å². The highest BCUT2D eigenvalue weighted by molar-refractivity contribution is 5.43. The molecule has 41 heavy (non-hydrogen) atoms. The SMILES string of the molecule is Cc1cc(CC2=C[C@@H](OCc3ccccc3)[C@@H](COCc3ccccc3)O[C@@H]2OCc2ccccc2)cc(C)c1O. The summed E-state index contributed by atoms with van der Waals surface area (Å²) in [6.07, 6.45) is 1.53. The van der Waals surface area contributed by atoms with E-state index in [9.17, 15) is 5.11 Å². The first-order valence-electron chi connectivity index (χ1n) is 14.1. The summed E-state index contributed by atoms with van der Waals surface area (Å²) in [5.41, 5.74) is 7.05. The van der Waals surface area contributed by atoms with Crippen LogP contribution >= 0.6 is 0 Å². The molecule has 0 saturated heterocycles. The maximum atomic E-state index is 10.3. The Balaban J connectivity index is 1.39. The predicted octanol–water partition coefficient (Wildman–Crippen LogP) is 7.22. The Labute approximate surface area is 243 Å². The number of aromatic hydroxyl groups is 1. The van der Waals surface area contributed by atoms with E-state index in [0.717, 1.165) is 39.0 Å². The summed E-state index contributed by atoms with van der Waals surface area (Å²) >= 11 is 0. The number of rotatable bonds is 12. The number of hydrogen-bond acceptors (Lipinski definition) is 5. The highest BCUT2D eigenvalue weighted by atomic mass is 16.7. The minimum atomic E-state index is -0.563. The summed E-state index contributed by atoms with van der Waals surface area (Å²) in [5, 5.41) is 10.3. The molecule has 0 bridgehead atoms. The predicted molar refractivity (Wildman–Crippen MR) is 160 cm³/mol. The monoisotopic (exact) mass is 550 g/mol. The van der Waals surface area contributed by atoms with Crippen LogP contribution in [0.1, 0.15) is 33.4 Å². The first kappa shape index (κ1) is 28.8. The Morgan fingerprint density at radius 3 is 1.73 bits per heavy atom. The first-order chi connectivity index (χ1) is 20.0. The van der Waals surface area contributed by atoms with Gasteiger partial charge in [-0.2, -0.15) is 0 Å². The van der Waals surface area contributed by atoms with Crippen molar-refractivity contribution in [2.45, 2.75) is 58.6 Å². The van der Waals surface area contributed by atoms with Crippen molar-refractivity contribution in [3.8, 4) is 5.75 Å². The van der Waals surface area contributed by atoms with E-state index in [0.29, 0.717) is 38.6 Å². The molecular formula is C36H38O5. The second-order valence-electron chi connectivity index (χ2n) is 10.6. The summed E-state index contributed by atoms with van der Waals surface area (Å²) < 4.78 is 25.6. The minimum absolute atomic E-state index is 0.322. The highest BCUT2D eigenvalue weighted by Crippen LogP contribution is 2.30. The van der Waals surface area contributed by atoms with Gasteiger partial charge < -0.3 is 24.1 Å². The van der Waals surface area contributed by atoms with Crippen LogP contribution in [0.4, 0.5) is 0 Å². The van der Waals surface area contributed by atoms with E-state index in [4.69, 9.17) is 18.9 Å². The molecule has 4 aromatic carbocycles. The van der Waals surface area contributed by atoms with Gasteiger partial charge in [0, 0.05) is 0 Å². The smallest absolute Gasteiger partial charge is 0.181 e. The molecule has 5 rings (SSSR count). The maximum Gasteiger partial charge on any atom is 0.181 e.